The number of benzene rings is 1. The number of hydrogen-bond donors (Lipinski definition) is 1. The van der Waals surface area contributed by atoms with Crippen molar-refractivity contribution in [1.29, 1.82) is 0 Å². The zero-order valence-corrected chi connectivity index (χ0v) is 24.8. The Morgan fingerprint density at radius 3 is 2.51 bits per heavy atom. The predicted molar refractivity (Wildman–Crippen MR) is 159 cm³/mol. The third-order valence-electron chi connectivity index (χ3n) is 9.90. The molecule has 1 aromatic carbocycles. The van der Waals surface area contributed by atoms with Gasteiger partial charge in [-0.25, -0.2) is 0 Å². The highest BCUT2D eigenvalue weighted by Crippen LogP contribution is 2.65. The lowest BCUT2D eigenvalue weighted by molar-refractivity contribution is -0.155. The maximum absolute atomic E-state index is 14.8. The molecule has 6 rings (SSSR count). The summed E-state index contributed by atoms with van der Waals surface area (Å²) < 4.78 is 4.17. The summed E-state index contributed by atoms with van der Waals surface area (Å²) in [5.41, 5.74) is 0.990. The first-order chi connectivity index (χ1) is 19.9. The number of nitrogens with zero attached hydrogens (tertiary/aromatic N) is 2. The van der Waals surface area contributed by atoms with E-state index >= 15 is 0 Å². The Morgan fingerprint density at radius 2 is 1.76 bits per heavy atom. The van der Waals surface area contributed by atoms with Crippen LogP contribution in [0.3, 0.4) is 0 Å². The summed E-state index contributed by atoms with van der Waals surface area (Å²) >= 11 is 1.58. The van der Waals surface area contributed by atoms with Gasteiger partial charge in [0.1, 0.15) is 6.04 Å². The fourth-order valence-corrected chi connectivity index (χ4v) is 10.1. The molecular formula is C33H42N2O5S. The molecular weight excluding hydrogens is 536 g/mol. The summed E-state index contributed by atoms with van der Waals surface area (Å²) in [6.07, 6.45) is 16.7. The van der Waals surface area contributed by atoms with E-state index in [-0.39, 0.29) is 30.4 Å². The van der Waals surface area contributed by atoms with Crippen molar-refractivity contribution in [3.05, 3.63) is 60.2 Å². The van der Waals surface area contributed by atoms with Gasteiger partial charge in [-0.2, -0.15) is 0 Å². The standard InChI is InChI=1S/C33H42N2O5S/c1-32-17-10-2-3-11-20-40-31(39)27(32)26-29(37)35(25(22-36)21-23-13-6-4-7-14-23)28-30(38)34(24-15-8-5-9-16-24)19-12-18-33(26,28)41-32/h4,6-7,10,12-14,17-18,24-28,36H,2-3,5,8-9,11,15-16,19-22H2,1H3/b17-10-/t25-,26+,27-,28?,32+,33+/m1/s1. The van der Waals surface area contributed by atoms with Gasteiger partial charge in [-0.15, -0.1) is 11.8 Å². The molecule has 41 heavy (non-hydrogen) atoms. The van der Waals surface area contributed by atoms with Crippen molar-refractivity contribution in [2.24, 2.45) is 11.8 Å². The zero-order valence-electron chi connectivity index (χ0n) is 24.0. The number of cyclic esters (lactones) is 1. The monoisotopic (exact) mass is 578 g/mol. The summed E-state index contributed by atoms with van der Waals surface area (Å²) in [4.78, 5) is 47.0. The van der Waals surface area contributed by atoms with Crippen LogP contribution in [0.25, 0.3) is 0 Å². The van der Waals surface area contributed by atoms with Crippen LogP contribution in [0.4, 0.5) is 0 Å². The van der Waals surface area contributed by atoms with Gasteiger partial charge in [0.25, 0.3) is 0 Å². The van der Waals surface area contributed by atoms with Crippen molar-refractivity contribution in [3.63, 3.8) is 0 Å². The predicted octanol–water partition coefficient (Wildman–Crippen LogP) is 4.29. The number of carbonyl (C=O) groups excluding carboxylic acids is 3. The molecule has 3 fully saturated rings. The quantitative estimate of drug-likeness (QED) is 0.414. The highest BCUT2D eigenvalue weighted by Gasteiger charge is 2.74. The van der Waals surface area contributed by atoms with Crippen LogP contribution in [-0.2, 0) is 25.5 Å². The Kier molecular flexibility index (Phi) is 8.07. The second-order valence-electron chi connectivity index (χ2n) is 12.5. The number of thioether (sulfide) groups is 1. The van der Waals surface area contributed by atoms with Crippen LogP contribution in [0, 0.1) is 11.8 Å². The fraction of sp³-hybridized carbons (Fsp3) is 0.606. The number of carbonyl (C=O) groups is 3. The number of esters is 1. The van der Waals surface area contributed by atoms with Gasteiger partial charge in [0.2, 0.25) is 11.8 Å². The lowest BCUT2D eigenvalue weighted by atomic mass is 9.74. The molecule has 1 N–H and O–H groups in total. The Balaban J connectivity index is 1.47. The molecule has 220 valence electrons. The molecule has 4 aliphatic heterocycles. The molecule has 4 heterocycles. The van der Waals surface area contributed by atoms with Gasteiger partial charge >= 0.3 is 5.97 Å². The summed E-state index contributed by atoms with van der Waals surface area (Å²) in [6, 6.07) is 8.55. The lowest BCUT2D eigenvalue weighted by Crippen LogP contribution is -2.58. The molecule has 1 aromatic rings. The van der Waals surface area contributed by atoms with E-state index in [0.29, 0.717) is 19.6 Å². The number of allylic oxidation sites excluding steroid dienone is 1. The Hall–Kier alpha value is -2.58. The number of hydrogen-bond acceptors (Lipinski definition) is 6. The summed E-state index contributed by atoms with van der Waals surface area (Å²) in [5, 5.41) is 10.7. The molecule has 2 amide bonds. The fourth-order valence-electron chi connectivity index (χ4n) is 8.01. The number of rotatable bonds is 5. The molecule has 0 aromatic heterocycles. The molecule has 1 spiro atoms. The van der Waals surface area contributed by atoms with E-state index < -0.39 is 33.4 Å². The van der Waals surface area contributed by atoms with Gasteiger partial charge in [0.05, 0.1) is 35.8 Å². The van der Waals surface area contributed by atoms with Crippen molar-refractivity contribution in [3.8, 4) is 0 Å². The topological polar surface area (TPSA) is 87.1 Å². The SMILES string of the molecule is C[C@]12/C=C\CCCCOC(=O)[C@H]1[C@H]1C(=O)N([C@@H](CO)Cc3ccccc3)C3C(=O)N(C4CCCCC4)CC=C[C@@]31S2. The van der Waals surface area contributed by atoms with Gasteiger partial charge in [0.15, 0.2) is 0 Å². The van der Waals surface area contributed by atoms with Gasteiger partial charge in [-0.1, -0.05) is 73.9 Å². The summed E-state index contributed by atoms with van der Waals surface area (Å²) in [6.45, 7) is 2.60. The number of likely N-dealkylation sites (tertiary alicyclic amines) is 1. The summed E-state index contributed by atoms with van der Waals surface area (Å²) in [7, 11) is 0. The smallest absolute Gasteiger partial charge is 0.311 e. The van der Waals surface area contributed by atoms with Crippen molar-refractivity contribution >= 4 is 29.5 Å². The van der Waals surface area contributed by atoms with Crippen LogP contribution in [0.1, 0.15) is 63.9 Å². The average molecular weight is 579 g/mol. The highest BCUT2D eigenvalue weighted by atomic mass is 32.2. The zero-order chi connectivity index (χ0) is 28.6. The van der Waals surface area contributed by atoms with Gasteiger partial charge in [0, 0.05) is 17.3 Å². The minimum atomic E-state index is -0.932. The number of aliphatic hydroxyl groups is 1. The molecule has 0 bridgehead atoms. The third kappa shape index (κ3) is 4.95. The van der Waals surface area contributed by atoms with Crippen molar-refractivity contribution < 1.29 is 24.2 Å². The third-order valence-corrected chi connectivity index (χ3v) is 11.7. The first-order valence-electron chi connectivity index (χ1n) is 15.4. The Bertz CT molecular complexity index is 1210. The van der Waals surface area contributed by atoms with Crippen LogP contribution < -0.4 is 0 Å². The van der Waals surface area contributed by atoms with E-state index in [1.807, 2.05) is 42.2 Å². The number of fused-ring (bicyclic) bond motifs is 2. The number of aliphatic hydroxyl groups excluding tert-OH is 1. The van der Waals surface area contributed by atoms with E-state index in [0.717, 1.165) is 50.5 Å². The van der Waals surface area contributed by atoms with Crippen LogP contribution in [0.2, 0.25) is 0 Å². The van der Waals surface area contributed by atoms with Gasteiger partial charge < -0.3 is 19.6 Å². The van der Waals surface area contributed by atoms with Gasteiger partial charge in [-0.05, 0) is 51.0 Å². The molecule has 7 nitrogen and oxygen atoms in total. The van der Waals surface area contributed by atoms with E-state index in [2.05, 4.69) is 24.3 Å². The second kappa shape index (κ2) is 11.6. The minimum absolute atomic E-state index is 0.0542. The molecule has 1 saturated carbocycles. The normalized spacial score (nSPS) is 35.8. The number of ether oxygens (including phenoxy) is 1. The molecule has 1 aliphatic carbocycles. The Labute approximate surface area is 247 Å². The maximum Gasteiger partial charge on any atom is 0.311 e. The molecule has 6 atom stereocenters. The van der Waals surface area contributed by atoms with Crippen LogP contribution in [-0.4, -0.2) is 80.1 Å². The Morgan fingerprint density at radius 1 is 0.976 bits per heavy atom. The van der Waals surface area contributed by atoms with Crippen molar-refractivity contribution in [1.82, 2.24) is 9.80 Å². The molecule has 1 unspecified atom stereocenters. The van der Waals surface area contributed by atoms with Crippen LogP contribution >= 0.6 is 11.8 Å². The molecule has 2 saturated heterocycles. The molecule has 8 heteroatoms. The van der Waals surface area contributed by atoms with Crippen molar-refractivity contribution in [2.45, 2.75) is 92.3 Å². The van der Waals surface area contributed by atoms with Crippen LogP contribution in [0.5, 0.6) is 0 Å². The molecule has 0 radical (unpaired) electrons. The number of amides is 2. The maximum atomic E-state index is 14.8. The van der Waals surface area contributed by atoms with E-state index in [4.69, 9.17) is 4.74 Å². The largest absolute Gasteiger partial charge is 0.465 e. The van der Waals surface area contributed by atoms with Crippen molar-refractivity contribution in [2.75, 3.05) is 19.8 Å². The second-order valence-corrected chi connectivity index (χ2v) is 14.3. The first-order valence-corrected chi connectivity index (χ1v) is 16.2. The van der Waals surface area contributed by atoms with E-state index in [9.17, 15) is 19.5 Å². The summed E-state index contributed by atoms with van der Waals surface area (Å²) in [5.74, 6) is -2.12. The lowest BCUT2D eigenvalue weighted by Gasteiger charge is -2.42. The average Bonchev–Trinajstić information content (AvgIpc) is 3.32. The van der Waals surface area contributed by atoms with E-state index in [1.165, 1.54) is 6.42 Å². The molecule has 5 aliphatic rings. The van der Waals surface area contributed by atoms with E-state index in [1.54, 1.807) is 16.7 Å². The highest BCUT2D eigenvalue weighted by molar-refractivity contribution is 8.02. The first kappa shape index (κ1) is 28.5. The van der Waals surface area contributed by atoms with Crippen LogP contribution in [0.15, 0.2) is 54.6 Å². The minimum Gasteiger partial charge on any atom is -0.465 e. The van der Waals surface area contributed by atoms with Gasteiger partial charge in [-0.3, -0.25) is 14.4 Å².